The fraction of sp³-hybridized carbons (Fsp3) is 0. The number of nitrogens with one attached hydrogen (secondary N) is 2. The summed E-state index contributed by atoms with van der Waals surface area (Å²) in [6.07, 6.45) is 0. The Balaban J connectivity index is 1.60. The van der Waals surface area contributed by atoms with Crippen molar-refractivity contribution in [3.05, 3.63) is 105 Å². The van der Waals surface area contributed by atoms with Crippen LogP contribution >= 0.6 is 11.6 Å². The standard InChI is InChI=1S/C22H15ClN6O4/c23-15-11-12-18(29(32)33)17(13-15)21(30)25-26-22(31)19-24-20(14-7-3-1-4-8-14)28(27-19)16-9-5-2-6-10-16/h1-13H,(H,25,30)(H,26,31). The molecule has 10 nitrogen and oxygen atoms in total. The number of rotatable bonds is 5. The number of carbonyl (C=O) groups is 2. The van der Waals surface area contributed by atoms with Crippen LogP contribution in [0.25, 0.3) is 17.1 Å². The molecule has 164 valence electrons. The van der Waals surface area contributed by atoms with Crippen molar-refractivity contribution in [1.82, 2.24) is 25.6 Å². The van der Waals surface area contributed by atoms with E-state index >= 15 is 0 Å². The summed E-state index contributed by atoms with van der Waals surface area (Å²) in [6, 6.07) is 21.8. The van der Waals surface area contributed by atoms with Gasteiger partial charge < -0.3 is 0 Å². The quantitative estimate of drug-likeness (QED) is 0.344. The van der Waals surface area contributed by atoms with Crippen molar-refractivity contribution >= 4 is 29.1 Å². The minimum absolute atomic E-state index is 0.132. The lowest BCUT2D eigenvalue weighted by Crippen LogP contribution is -2.42. The summed E-state index contributed by atoms with van der Waals surface area (Å²) in [5, 5.41) is 15.6. The van der Waals surface area contributed by atoms with Crippen LogP contribution in [0.15, 0.2) is 78.9 Å². The Morgan fingerprint density at radius 1 is 0.909 bits per heavy atom. The molecule has 0 spiro atoms. The molecule has 0 saturated heterocycles. The third kappa shape index (κ3) is 4.70. The van der Waals surface area contributed by atoms with E-state index in [4.69, 9.17) is 11.6 Å². The molecule has 3 aromatic carbocycles. The zero-order valence-electron chi connectivity index (χ0n) is 16.8. The van der Waals surface area contributed by atoms with Gasteiger partial charge in [-0.05, 0) is 24.3 Å². The van der Waals surface area contributed by atoms with Crippen LogP contribution in [0.3, 0.4) is 0 Å². The average molecular weight is 463 g/mol. The molecule has 1 aromatic heterocycles. The molecule has 2 amide bonds. The lowest BCUT2D eigenvalue weighted by atomic mass is 10.2. The predicted molar refractivity (Wildman–Crippen MR) is 120 cm³/mol. The number of nitrogens with zero attached hydrogens (tertiary/aromatic N) is 4. The second-order valence-corrected chi connectivity index (χ2v) is 7.14. The predicted octanol–water partition coefficient (Wildman–Crippen LogP) is 3.57. The SMILES string of the molecule is O=C(NNC(=O)c1cc(Cl)ccc1[N+](=O)[O-])c1nc(-c2ccccc2)n(-c2ccccc2)n1. The number of carbonyl (C=O) groups excluding carboxylic acids is 2. The third-order valence-corrected chi connectivity index (χ3v) is 4.77. The smallest absolute Gasteiger partial charge is 0.267 e. The van der Waals surface area contributed by atoms with Crippen LogP contribution in [0.2, 0.25) is 5.02 Å². The second-order valence-electron chi connectivity index (χ2n) is 6.70. The number of nitro benzene ring substituents is 1. The molecule has 0 atom stereocenters. The summed E-state index contributed by atoms with van der Waals surface area (Å²) < 4.78 is 1.51. The number of hydrogen-bond acceptors (Lipinski definition) is 6. The molecule has 33 heavy (non-hydrogen) atoms. The molecule has 4 rings (SSSR count). The summed E-state index contributed by atoms with van der Waals surface area (Å²) in [5.41, 5.74) is 4.97. The summed E-state index contributed by atoms with van der Waals surface area (Å²) >= 11 is 5.85. The van der Waals surface area contributed by atoms with Crippen LogP contribution in [-0.2, 0) is 0 Å². The van der Waals surface area contributed by atoms with Crippen molar-refractivity contribution in [3.8, 4) is 17.1 Å². The van der Waals surface area contributed by atoms with E-state index in [2.05, 4.69) is 20.9 Å². The number of hydrogen-bond donors (Lipinski definition) is 2. The van der Waals surface area contributed by atoms with E-state index in [0.717, 1.165) is 17.7 Å². The van der Waals surface area contributed by atoms with Crippen molar-refractivity contribution in [2.45, 2.75) is 0 Å². The van der Waals surface area contributed by atoms with Gasteiger partial charge in [0.15, 0.2) is 5.82 Å². The van der Waals surface area contributed by atoms with Gasteiger partial charge in [-0.3, -0.25) is 30.6 Å². The Kier molecular flexibility index (Phi) is 6.09. The van der Waals surface area contributed by atoms with Crippen LogP contribution in [-0.4, -0.2) is 31.5 Å². The first-order valence-electron chi connectivity index (χ1n) is 9.56. The first-order valence-corrected chi connectivity index (χ1v) is 9.94. The Bertz CT molecular complexity index is 1280. The number of aromatic nitrogens is 3. The highest BCUT2D eigenvalue weighted by molar-refractivity contribution is 6.31. The zero-order chi connectivity index (χ0) is 23.4. The minimum Gasteiger partial charge on any atom is -0.267 e. The number of para-hydroxylation sites is 1. The summed E-state index contributed by atoms with van der Waals surface area (Å²) in [5.74, 6) is -1.51. The maximum Gasteiger partial charge on any atom is 0.309 e. The van der Waals surface area contributed by atoms with Crippen molar-refractivity contribution in [2.24, 2.45) is 0 Å². The Morgan fingerprint density at radius 2 is 1.55 bits per heavy atom. The largest absolute Gasteiger partial charge is 0.309 e. The molecule has 0 saturated carbocycles. The highest BCUT2D eigenvalue weighted by atomic mass is 35.5. The molecule has 0 unspecified atom stereocenters. The van der Waals surface area contributed by atoms with E-state index in [1.807, 2.05) is 60.7 Å². The number of nitro groups is 1. The molecule has 0 radical (unpaired) electrons. The van der Waals surface area contributed by atoms with Gasteiger partial charge in [0.2, 0.25) is 5.82 Å². The van der Waals surface area contributed by atoms with Crippen molar-refractivity contribution in [3.63, 3.8) is 0 Å². The lowest BCUT2D eigenvalue weighted by molar-refractivity contribution is -0.385. The van der Waals surface area contributed by atoms with Gasteiger partial charge in [0.05, 0.1) is 10.6 Å². The third-order valence-electron chi connectivity index (χ3n) is 4.53. The molecular formula is C22H15ClN6O4. The van der Waals surface area contributed by atoms with Gasteiger partial charge in [0, 0.05) is 16.7 Å². The summed E-state index contributed by atoms with van der Waals surface area (Å²) in [4.78, 5) is 39.9. The number of benzene rings is 3. The number of hydrazine groups is 1. The van der Waals surface area contributed by atoms with Crippen LogP contribution in [0.5, 0.6) is 0 Å². The van der Waals surface area contributed by atoms with Gasteiger partial charge in [0.1, 0.15) is 5.56 Å². The molecule has 2 N–H and O–H groups in total. The number of amides is 2. The molecule has 0 aliphatic heterocycles. The van der Waals surface area contributed by atoms with E-state index < -0.39 is 22.4 Å². The van der Waals surface area contributed by atoms with Gasteiger partial charge in [-0.1, -0.05) is 60.1 Å². The van der Waals surface area contributed by atoms with Crippen molar-refractivity contribution in [1.29, 1.82) is 0 Å². The van der Waals surface area contributed by atoms with E-state index in [0.29, 0.717) is 11.5 Å². The van der Waals surface area contributed by atoms with Crippen molar-refractivity contribution in [2.75, 3.05) is 0 Å². The molecule has 4 aromatic rings. The van der Waals surface area contributed by atoms with Crippen LogP contribution in [0, 0.1) is 10.1 Å². The van der Waals surface area contributed by atoms with E-state index in [1.165, 1.54) is 10.7 Å². The van der Waals surface area contributed by atoms with E-state index in [1.54, 1.807) is 0 Å². The molecule has 0 fully saturated rings. The van der Waals surface area contributed by atoms with Crippen LogP contribution in [0.4, 0.5) is 5.69 Å². The van der Waals surface area contributed by atoms with Crippen LogP contribution < -0.4 is 10.9 Å². The average Bonchev–Trinajstić information content (AvgIpc) is 3.29. The first-order chi connectivity index (χ1) is 15.9. The highest BCUT2D eigenvalue weighted by Gasteiger charge is 2.23. The summed E-state index contributed by atoms with van der Waals surface area (Å²) in [7, 11) is 0. The maximum atomic E-state index is 12.7. The van der Waals surface area contributed by atoms with Gasteiger partial charge >= 0.3 is 5.91 Å². The zero-order valence-corrected chi connectivity index (χ0v) is 17.6. The molecular weight excluding hydrogens is 448 g/mol. The molecule has 1 heterocycles. The Labute approximate surface area is 192 Å². The molecule has 0 aliphatic rings. The Morgan fingerprint density at radius 3 is 2.21 bits per heavy atom. The van der Waals surface area contributed by atoms with Gasteiger partial charge in [-0.15, -0.1) is 5.10 Å². The summed E-state index contributed by atoms with van der Waals surface area (Å²) in [6.45, 7) is 0. The van der Waals surface area contributed by atoms with Gasteiger partial charge in [-0.25, -0.2) is 9.67 Å². The Hall–Kier alpha value is -4.57. The fourth-order valence-corrected chi connectivity index (χ4v) is 3.19. The van der Waals surface area contributed by atoms with E-state index in [-0.39, 0.29) is 16.4 Å². The van der Waals surface area contributed by atoms with E-state index in [9.17, 15) is 19.7 Å². The fourth-order valence-electron chi connectivity index (χ4n) is 3.02. The molecule has 11 heteroatoms. The normalized spacial score (nSPS) is 10.5. The topological polar surface area (TPSA) is 132 Å². The van der Waals surface area contributed by atoms with Crippen LogP contribution in [0.1, 0.15) is 21.0 Å². The molecule has 0 bridgehead atoms. The number of halogens is 1. The monoisotopic (exact) mass is 462 g/mol. The second kappa shape index (κ2) is 9.28. The molecule has 0 aliphatic carbocycles. The maximum absolute atomic E-state index is 12.7. The minimum atomic E-state index is -0.914. The van der Waals surface area contributed by atoms with Gasteiger partial charge in [-0.2, -0.15) is 0 Å². The van der Waals surface area contributed by atoms with Crippen molar-refractivity contribution < 1.29 is 14.5 Å². The first kappa shape index (κ1) is 21.7. The highest BCUT2D eigenvalue weighted by Crippen LogP contribution is 2.23. The van der Waals surface area contributed by atoms with Gasteiger partial charge in [0.25, 0.3) is 11.6 Å². The lowest BCUT2D eigenvalue weighted by Gasteiger charge is -2.06.